The van der Waals surface area contributed by atoms with E-state index in [1.807, 2.05) is 83.1 Å². The molecule has 6 rings (SSSR count). The number of fused-ring (bicyclic) bond motifs is 1. The minimum absolute atomic E-state index is 0.104. The highest BCUT2D eigenvalue weighted by Gasteiger charge is 2.54. The van der Waals surface area contributed by atoms with Gasteiger partial charge in [0, 0.05) is 29.3 Å². The highest BCUT2D eigenvalue weighted by atomic mass is 32.2. The Kier molecular flexibility index (Phi) is 9.89. The molecule has 13 heteroatoms. The molecule has 0 bridgehead atoms. The van der Waals surface area contributed by atoms with Gasteiger partial charge >= 0.3 is 5.97 Å². The number of hydrogen-bond donors (Lipinski definition) is 2. The summed E-state index contributed by atoms with van der Waals surface area (Å²) in [6, 6.07) is 21.9. The zero-order chi connectivity index (χ0) is 31.2. The number of nitrogens with one attached hydrogen (secondary N) is 2. The second kappa shape index (κ2) is 14.4. The highest BCUT2D eigenvalue weighted by Crippen LogP contribution is 2.41. The molecular weight excluding hydrogens is 631 g/mol. The molecule has 0 spiro atoms. The van der Waals surface area contributed by atoms with E-state index in [1.165, 1.54) is 34.2 Å². The third-order valence-electron chi connectivity index (χ3n) is 7.53. The lowest BCUT2D eigenvalue weighted by Gasteiger charge is -2.49. The van der Waals surface area contributed by atoms with Gasteiger partial charge in [-0.3, -0.25) is 19.9 Å². The molecule has 0 radical (unpaired) electrons. The second-order valence-corrected chi connectivity index (χ2v) is 13.0. The maximum Gasteiger partial charge on any atom is 0.356 e. The SMILES string of the molecule is O=C(Cc1cccs1)NC1C(=O)N2C(C(=O)OC(c3ccccc3)c3ccccc3)=C(/C=N/NC(=S)N3CCOCC3)CS[C@H]12. The maximum atomic E-state index is 14.1. The number of carbonyl (C=O) groups excluding carboxylic acids is 3. The van der Waals surface area contributed by atoms with E-state index in [4.69, 9.17) is 21.7 Å². The Morgan fingerprint density at radius 3 is 2.38 bits per heavy atom. The van der Waals surface area contributed by atoms with Crippen LogP contribution in [-0.4, -0.2) is 82.4 Å². The van der Waals surface area contributed by atoms with Crippen LogP contribution in [0.5, 0.6) is 0 Å². The van der Waals surface area contributed by atoms with Crippen LogP contribution in [0.3, 0.4) is 0 Å². The van der Waals surface area contributed by atoms with Crippen molar-refractivity contribution in [3.63, 3.8) is 0 Å². The molecule has 10 nitrogen and oxygen atoms in total. The lowest BCUT2D eigenvalue weighted by molar-refractivity contribution is -0.154. The van der Waals surface area contributed by atoms with Crippen LogP contribution in [0.15, 0.2) is 94.5 Å². The summed E-state index contributed by atoms with van der Waals surface area (Å²) in [5.74, 6) is -0.914. The average Bonchev–Trinajstić information content (AvgIpc) is 3.59. The van der Waals surface area contributed by atoms with Crippen molar-refractivity contribution < 1.29 is 23.9 Å². The molecule has 2 aromatic carbocycles. The van der Waals surface area contributed by atoms with E-state index in [0.717, 1.165) is 16.0 Å². The van der Waals surface area contributed by atoms with Crippen LogP contribution >= 0.6 is 35.3 Å². The number of nitrogens with zero attached hydrogens (tertiary/aromatic N) is 3. The fourth-order valence-electron chi connectivity index (χ4n) is 5.28. The minimum Gasteiger partial charge on any atom is -0.448 e. The Bertz CT molecular complexity index is 1550. The van der Waals surface area contributed by atoms with Crippen molar-refractivity contribution in [2.75, 3.05) is 32.1 Å². The first-order chi connectivity index (χ1) is 22.0. The van der Waals surface area contributed by atoms with Crippen LogP contribution in [0, 0.1) is 0 Å². The third kappa shape index (κ3) is 7.12. The van der Waals surface area contributed by atoms with Crippen molar-refractivity contribution in [2.24, 2.45) is 5.10 Å². The molecule has 2 saturated heterocycles. The van der Waals surface area contributed by atoms with Gasteiger partial charge in [0.25, 0.3) is 5.91 Å². The van der Waals surface area contributed by atoms with E-state index in [9.17, 15) is 14.4 Å². The molecule has 3 aromatic rings. The van der Waals surface area contributed by atoms with Crippen LogP contribution in [0.1, 0.15) is 22.1 Å². The van der Waals surface area contributed by atoms with Crippen molar-refractivity contribution in [1.29, 1.82) is 0 Å². The summed E-state index contributed by atoms with van der Waals surface area (Å²) in [6.07, 6.45) is 0.998. The highest BCUT2D eigenvalue weighted by molar-refractivity contribution is 8.00. The number of carbonyl (C=O) groups is 3. The Morgan fingerprint density at radius 1 is 1.04 bits per heavy atom. The molecule has 4 heterocycles. The standard InChI is InChI=1S/C32H31N5O5S3/c38-25(18-24-12-7-17-44-24)34-26-29(39)37-27(23(20-45-30(26)37)19-33-35-32(43)36-13-15-41-16-14-36)31(40)42-28(21-8-3-1-4-9-21)22-10-5-2-6-11-22/h1-12,17,19,26,28,30H,13-16,18,20H2,(H,34,38)(H,35,43)/b33-19+/t26?,30-/m1/s1. The fraction of sp³-hybridized carbons (Fsp3) is 0.281. The van der Waals surface area contributed by atoms with Gasteiger partial charge in [0.1, 0.15) is 17.1 Å². The predicted molar refractivity (Wildman–Crippen MR) is 178 cm³/mol. The van der Waals surface area contributed by atoms with Crippen molar-refractivity contribution in [3.05, 3.63) is 105 Å². The molecule has 1 unspecified atom stereocenters. The quantitative estimate of drug-likeness (QED) is 0.117. The molecule has 2 atom stereocenters. The van der Waals surface area contributed by atoms with Crippen LogP contribution in [-0.2, 0) is 30.3 Å². The number of esters is 1. The predicted octanol–water partition coefficient (Wildman–Crippen LogP) is 3.47. The Labute approximate surface area is 274 Å². The van der Waals surface area contributed by atoms with Gasteiger partial charge in [-0.2, -0.15) is 5.10 Å². The van der Waals surface area contributed by atoms with E-state index in [1.54, 1.807) is 0 Å². The molecule has 2 fully saturated rings. The number of thiophene rings is 1. The van der Waals surface area contributed by atoms with Crippen molar-refractivity contribution >= 4 is 64.4 Å². The summed E-state index contributed by atoms with van der Waals surface area (Å²) < 4.78 is 11.6. The summed E-state index contributed by atoms with van der Waals surface area (Å²) in [5, 5.41) is 9.09. The number of ether oxygens (including phenoxy) is 2. The van der Waals surface area contributed by atoms with E-state index in [0.29, 0.717) is 42.7 Å². The summed E-state index contributed by atoms with van der Waals surface area (Å²) in [7, 11) is 0. The lowest BCUT2D eigenvalue weighted by atomic mass is 10.0. The van der Waals surface area contributed by atoms with Crippen LogP contribution < -0.4 is 10.7 Å². The van der Waals surface area contributed by atoms with Gasteiger partial charge in [0.05, 0.1) is 25.8 Å². The number of hydrogen-bond acceptors (Lipinski definition) is 9. The van der Waals surface area contributed by atoms with Gasteiger partial charge in [0.15, 0.2) is 11.2 Å². The zero-order valence-electron chi connectivity index (χ0n) is 24.2. The molecule has 2 amide bonds. The van der Waals surface area contributed by atoms with E-state index in [-0.39, 0.29) is 23.9 Å². The van der Waals surface area contributed by atoms with Gasteiger partial charge in [-0.25, -0.2) is 4.79 Å². The number of thiocarbonyl (C=S) groups is 1. The summed E-state index contributed by atoms with van der Waals surface area (Å²) >= 11 is 8.42. The Morgan fingerprint density at radius 2 is 1.73 bits per heavy atom. The monoisotopic (exact) mass is 661 g/mol. The van der Waals surface area contributed by atoms with Gasteiger partial charge < -0.3 is 19.7 Å². The molecule has 232 valence electrons. The number of morpholine rings is 1. The number of β-lactam (4-membered cyclic amide) rings is 1. The van der Waals surface area contributed by atoms with E-state index < -0.39 is 23.5 Å². The van der Waals surface area contributed by atoms with Crippen LogP contribution in [0.2, 0.25) is 0 Å². The molecule has 45 heavy (non-hydrogen) atoms. The van der Waals surface area contributed by atoms with Gasteiger partial charge in [0.2, 0.25) is 5.91 Å². The topological polar surface area (TPSA) is 113 Å². The first kappa shape index (κ1) is 31.0. The fourth-order valence-corrected chi connectivity index (χ4v) is 7.51. The molecule has 0 aliphatic carbocycles. The minimum atomic E-state index is -0.755. The zero-order valence-corrected chi connectivity index (χ0v) is 26.6. The number of rotatable bonds is 9. The number of amides is 2. The first-order valence-corrected chi connectivity index (χ1v) is 16.8. The van der Waals surface area contributed by atoms with E-state index >= 15 is 0 Å². The number of benzene rings is 2. The summed E-state index contributed by atoms with van der Waals surface area (Å²) in [6.45, 7) is 2.47. The maximum absolute atomic E-state index is 14.1. The summed E-state index contributed by atoms with van der Waals surface area (Å²) in [5.41, 5.74) is 5.08. The van der Waals surface area contributed by atoms with Crippen molar-refractivity contribution in [3.8, 4) is 0 Å². The summed E-state index contributed by atoms with van der Waals surface area (Å²) in [4.78, 5) is 44.7. The van der Waals surface area contributed by atoms with Crippen LogP contribution in [0.25, 0.3) is 0 Å². The van der Waals surface area contributed by atoms with Gasteiger partial charge in [-0.05, 0) is 34.8 Å². The normalized spacial score (nSPS) is 19.7. The molecule has 0 saturated carbocycles. The molecule has 3 aliphatic heterocycles. The average molecular weight is 662 g/mol. The number of hydrazone groups is 1. The van der Waals surface area contributed by atoms with Crippen molar-refractivity contribution in [1.82, 2.24) is 20.5 Å². The van der Waals surface area contributed by atoms with Crippen LogP contribution in [0.4, 0.5) is 0 Å². The Balaban J connectivity index is 1.25. The van der Waals surface area contributed by atoms with E-state index in [2.05, 4.69) is 15.8 Å². The third-order valence-corrected chi connectivity index (χ3v) is 10.1. The second-order valence-electron chi connectivity index (χ2n) is 10.5. The molecule has 2 N–H and O–H groups in total. The molecular formula is C32H31N5O5S3. The van der Waals surface area contributed by atoms with Crippen molar-refractivity contribution in [2.45, 2.75) is 23.9 Å². The van der Waals surface area contributed by atoms with Gasteiger partial charge in [-0.15, -0.1) is 23.1 Å². The lowest BCUT2D eigenvalue weighted by Crippen LogP contribution is -2.70. The number of thioether (sulfide) groups is 1. The smallest absolute Gasteiger partial charge is 0.356 e. The van der Waals surface area contributed by atoms with Gasteiger partial charge in [-0.1, -0.05) is 66.7 Å². The largest absolute Gasteiger partial charge is 0.448 e. The first-order valence-electron chi connectivity index (χ1n) is 14.5. The molecule has 3 aliphatic rings. The molecule has 1 aromatic heterocycles. The Hall–Kier alpha value is -4.04.